The van der Waals surface area contributed by atoms with E-state index in [4.69, 9.17) is 4.74 Å². The van der Waals surface area contributed by atoms with Gasteiger partial charge in [0.1, 0.15) is 6.10 Å². The van der Waals surface area contributed by atoms with Gasteiger partial charge in [0.2, 0.25) is 10.0 Å². The molecule has 1 rings (SSSR count). The van der Waals surface area contributed by atoms with Gasteiger partial charge in [-0.15, -0.1) is 6.58 Å². The molecule has 0 aliphatic carbocycles. The van der Waals surface area contributed by atoms with Crippen molar-refractivity contribution in [3.8, 4) is 0 Å². The smallest absolute Gasteiger partial charge is 0.262 e. The first-order valence-corrected chi connectivity index (χ1v) is 7.90. The molecular weight excluding hydrogens is 278 g/mol. The van der Waals surface area contributed by atoms with Crippen LogP contribution in [0.3, 0.4) is 0 Å². The van der Waals surface area contributed by atoms with Gasteiger partial charge in [-0.25, -0.2) is 8.42 Å². The molecule has 0 fully saturated rings. The SMILES string of the molecule is C=CCOC(C)C(=O)NS(=O)(=O)CCc1ccccc1. The average molecular weight is 297 g/mol. The molecule has 0 heterocycles. The average Bonchev–Trinajstić information content (AvgIpc) is 2.43. The van der Waals surface area contributed by atoms with E-state index >= 15 is 0 Å². The fourth-order valence-corrected chi connectivity index (χ4v) is 2.55. The van der Waals surface area contributed by atoms with Crippen LogP contribution in [-0.2, 0) is 26.0 Å². The molecule has 0 saturated carbocycles. The van der Waals surface area contributed by atoms with Gasteiger partial charge in [0.25, 0.3) is 5.91 Å². The number of hydrogen-bond donors (Lipinski definition) is 1. The van der Waals surface area contributed by atoms with Crippen LogP contribution in [0.25, 0.3) is 0 Å². The van der Waals surface area contributed by atoms with Crippen LogP contribution in [0.1, 0.15) is 12.5 Å². The van der Waals surface area contributed by atoms with E-state index in [1.54, 1.807) is 0 Å². The molecule has 0 aliphatic heterocycles. The Balaban J connectivity index is 2.48. The summed E-state index contributed by atoms with van der Waals surface area (Å²) < 4.78 is 30.6. The van der Waals surface area contributed by atoms with Crippen molar-refractivity contribution >= 4 is 15.9 Å². The van der Waals surface area contributed by atoms with E-state index in [1.165, 1.54) is 13.0 Å². The summed E-state index contributed by atoms with van der Waals surface area (Å²) in [4.78, 5) is 11.6. The van der Waals surface area contributed by atoms with Crippen molar-refractivity contribution in [3.05, 3.63) is 48.6 Å². The van der Waals surface area contributed by atoms with Crippen molar-refractivity contribution in [1.29, 1.82) is 0 Å². The number of hydrogen-bond acceptors (Lipinski definition) is 4. The number of amides is 1. The third-order valence-corrected chi connectivity index (χ3v) is 3.85. The van der Waals surface area contributed by atoms with Gasteiger partial charge < -0.3 is 4.74 Å². The minimum Gasteiger partial charge on any atom is -0.365 e. The van der Waals surface area contributed by atoms with Crippen LogP contribution in [0.5, 0.6) is 0 Å². The molecule has 5 nitrogen and oxygen atoms in total. The van der Waals surface area contributed by atoms with Crippen molar-refractivity contribution in [2.45, 2.75) is 19.4 Å². The lowest BCUT2D eigenvalue weighted by molar-refractivity contribution is -0.129. The Hall–Kier alpha value is -1.66. The minimum atomic E-state index is -3.65. The Morgan fingerprint density at radius 2 is 2.05 bits per heavy atom. The van der Waals surface area contributed by atoms with Crippen LogP contribution in [0, 0.1) is 0 Å². The van der Waals surface area contributed by atoms with Gasteiger partial charge in [-0.05, 0) is 18.9 Å². The Bertz CT molecular complexity index is 540. The highest BCUT2D eigenvalue weighted by Gasteiger charge is 2.19. The highest BCUT2D eigenvalue weighted by Crippen LogP contribution is 2.02. The van der Waals surface area contributed by atoms with Crippen LogP contribution in [0.4, 0.5) is 0 Å². The lowest BCUT2D eigenvalue weighted by Gasteiger charge is -2.12. The summed E-state index contributed by atoms with van der Waals surface area (Å²) in [5, 5.41) is 0. The molecule has 0 aromatic heterocycles. The van der Waals surface area contributed by atoms with E-state index in [9.17, 15) is 13.2 Å². The summed E-state index contributed by atoms with van der Waals surface area (Å²) in [5.41, 5.74) is 0.904. The topological polar surface area (TPSA) is 72.5 Å². The zero-order chi connectivity index (χ0) is 15.0. The molecule has 110 valence electrons. The predicted molar refractivity (Wildman–Crippen MR) is 77.7 cm³/mol. The van der Waals surface area contributed by atoms with E-state index in [0.29, 0.717) is 6.42 Å². The van der Waals surface area contributed by atoms with E-state index in [0.717, 1.165) is 5.56 Å². The second-order valence-corrected chi connectivity index (χ2v) is 6.13. The highest BCUT2D eigenvalue weighted by atomic mass is 32.2. The van der Waals surface area contributed by atoms with Gasteiger partial charge in [-0.3, -0.25) is 9.52 Å². The van der Waals surface area contributed by atoms with Crippen molar-refractivity contribution in [3.63, 3.8) is 0 Å². The Morgan fingerprint density at radius 1 is 1.40 bits per heavy atom. The molecule has 20 heavy (non-hydrogen) atoms. The molecule has 0 radical (unpaired) electrons. The van der Waals surface area contributed by atoms with Crippen molar-refractivity contribution in [1.82, 2.24) is 4.72 Å². The first-order chi connectivity index (χ1) is 9.44. The molecule has 1 N–H and O–H groups in total. The lowest BCUT2D eigenvalue weighted by atomic mass is 10.2. The number of rotatable bonds is 8. The van der Waals surface area contributed by atoms with Crippen LogP contribution >= 0.6 is 0 Å². The molecule has 0 aliphatic rings. The monoisotopic (exact) mass is 297 g/mol. The van der Waals surface area contributed by atoms with Gasteiger partial charge in [0.15, 0.2) is 0 Å². The first-order valence-electron chi connectivity index (χ1n) is 6.25. The zero-order valence-corrected chi connectivity index (χ0v) is 12.2. The van der Waals surface area contributed by atoms with Gasteiger partial charge in [0.05, 0.1) is 12.4 Å². The van der Waals surface area contributed by atoms with E-state index in [2.05, 4.69) is 6.58 Å². The number of benzene rings is 1. The predicted octanol–water partition coefficient (Wildman–Crippen LogP) is 1.27. The maximum atomic E-state index is 11.8. The summed E-state index contributed by atoms with van der Waals surface area (Å²) >= 11 is 0. The second kappa shape index (κ2) is 7.81. The molecule has 0 spiro atoms. The lowest BCUT2D eigenvalue weighted by Crippen LogP contribution is -2.40. The largest absolute Gasteiger partial charge is 0.365 e. The number of nitrogens with one attached hydrogen (secondary N) is 1. The van der Waals surface area contributed by atoms with Crippen LogP contribution in [0.15, 0.2) is 43.0 Å². The van der Waals surface area contributed by atoms with Crippen molar-refractivity contribution in [2.24, 2.45) is 0 Å². The minimum absolute atomic E-state index is 0.142. The van der Waals surface area contributed by atoms with E-state index in [1.807, 2.05) is 35.1 Å². The maximum absolute atomic E-state index is 11.8. The number of carbonyl (C=O) groups is 1. The number of carbonyl (C=O) groups excluding carboxylic acids is 1. The second-order valence-electron chi connectivity index (χ2n) is 4.29. The third kappa shape index (κ3) is 5.99. The number of ether oxygens (including phenoxy) is 1. The summed E-state index contributed by atoms with van der Waals surface area (Å²) in [6.07, 6.45) is 1.01. The zero-order valence-electron chi connectivity index (χ0n) is 11.4. The van der Waals surface area contributed by atoms with Crippen LogP contribution in [0.2, 0.25) is 0 Å². The normalized spacial score (nSPS) is 12.7. The Morgan fingerprint density at radius 3 is 2.65 bits per heavy atom. The molecule has 1 aromatic carbocycles. The summed E-state index contributed by atoms with van der Waals surface area (Å²) in [6.45, 7) is 5.14. The van der Waals surface area contributed by atoms with Crippen molar-refractivity contribution in [2.75, 3.05) is 12.4 Å². The van der Waals surface area contributed by atoms with Crippen molar-refractivity contribution < 1.29 is 17.9 Å². The fourth-order valence-electron chi connectivity index (χ4n) is 1.47. The Kier molecular flexibility index (Phi) is 6.41. The van der Waals surface area contributed by atoms with Gasteiger partial charge in [-0.2, -0.15) is 0 Å². The van der Waals surface area contributed by atoms with Gasteiger partial charge >= 0.3 is 0 Å². The summed E-state index contributed by atoms with van der Waals surface area (Å²) in [7, 11) is -3.65. The maximum Gasteiger partial charge on any atom is 0.262 e. The van der Waals surface area contributed by atoms with Crippen LogP contribution in [-0.4, -0.2) is 32.8 Å². The third-order valence-electron chi connectivity index (χ3n) is 2.59. The fraction of sp³-hybridized carbons (Fsp3) is 0.357. The molecular formula is C14H19NO4S. The van der Waals surface area contributed by atoms with E-state index in [-0.39, 0.29) is 12.4 Å². The van der Waals surface area contributed by atoms with Gasteiger partial charge in [0, 0.05) is 0 Å². The molecule has 1 atom stereocenters. The molecule has 6 heteroatoms. The molecule has 1 aromatic rings. The first kappa shape index (κ1) is 16.4. The molecule has 0 saturated heterocycles. The Labute approximate surface area is 119 Å². The summed E-state index contributed by atoms with van der Waals surface area (Å²) in [6, 6.07) is 9.22. The quantitative estimate of drug-likeness (QED) is 0.733. The highest BCUT2D eigenvalue weighted by molar-refractivity contribution is 7.90. The molecule has 1 unspecified atom stereocenters. The number of sulfonamides is 1. The van der Waals surface area contributed by atoms with E-state index < -0.39 is 22.0 Å². The molecule has 1 amide bonds. The summed E-state index contributed by atoms with van der Waals surface area (Å²) in [5.74, 6) is -0.809. The van der Waals surface area contributed by atoms with Gasteiger partial charge in [-0.1, -0.05) is 36.4 Å². The molecule has 0 bridgehead atoms. The standard InChI is InChI=1S/C14H19NO4S/c1-3-10-19-12(2)14(16)15-20(17,18)11-9-13-7-5-4-6-8-13/h3-8,12H,1,9-11H2,2H3,(H,15,16). The van der Waals surface area contributed by atoms with Crippen LogP contribution < -0.4 is 4.72 Å². The number of aryl methyl sites for hydroxylation is 1.